The fourth-order valence-electron chi connectivity index (χ4n) is 5.25. The Kier molecular flexibility index (Phi) is 25.2. The summed E-state index contributed by atoms with van der Waals surface area (Å²) in [5.74, 6) is 0. The smallest absolute Gasteiger partial charge is 0.263 e. The van der Waals surface area contributed by atoms with Gasteiger partial charge in [-0.05, 0) is 0 Å². The molecule has 0 bridgehead atoms. The van der Waals surface area contributed by atoms with Crippen LogP contribution in [-0.2, 0) is 39.0 Å². The first-order valence-electron chi connectivity index (χ1n) is 14.5. The van der Waals surface area contributed by atoms with Crippen molar-refractivity contribution in [3.63, 3.8) is 0 Å². The zero-order valence-corrected chi connectivity index (χ0v) is 34.5. The number of rotatable bonds is 4. The predicted octanol–water partition coefficient (Wildman–Crippen LogP) is 11.7. The van der Waals surface area contributed by atoms with Gasteiger partial charge in [0.2, 0.25) is 0 Å². The summed E-state index contributed by atoms with van der Waals surface area (Å²) >= 11 is 0. The maximum absolute atomic E-state index is 3.44. The second-order valence-corrected chi connectivity index (χ2v) is 12.8. The van der Waals surface area contributed by atoms with Crippen LogP contribution in [0.2, 0.25) is 13.1 Å². The van der Waals surface area contributed by atoms with Crippen molar-refractivity contribution in [1.82, 2.24) is 0 Å². The number of allylic oxidation sites excluding steroid dienone is 4. The Labute approximate surface area is 285 Å². The Morgan fingerprint density at radius 1 is 0.600 bits per heavy atom. The molecule has 2 aromatic carbocycles. The number of halogens is 2. The normalized spacial score (nSPS) is 12.8. The van der Waals surface area contributed by atoms with Gasteiger partial charge < -0.3 is 0 Å². The monoisotopic (exact) mass is 682 g/mol. The summed E-state index contributed by atoms with van der Waals surface area (Å²) in [6.45, 7) is 37.8. The minimum Gasteiger partial charge on any atom is -0.263 e. The van der Waals surface area contributed by atoms with Gasteiger partial charge in [-0.2, -0.15) is 66.8 Å². The first-order chi connectivity index (χ1) is 17.0. The Morgan fingerprint density at radius 2 is 0.850 bits per heavy atom. The summed E-state index contributed by atoms with van der Waals surface area (Å²) in [5, 5.41) is 0. The van der Waals surface area contributed by atoms with Gasteiger partial charge in [0.1, 0.15) is 0 Å². The van der Waals surface area contributed by atoms with Crippen molar-refractivity contribution in [2.75, 3.05) is 0 Å². The second kappa shape index (κ2) is 21.5. The van der Waals surface area contributed by atoms with Crippen LogP contribution in [0, 0.1) is 66.9 Å². The minimum absolute atomic E-state index is 0. The van der Waals surface area contributed by atoms with E-state index in [1.54, 1.807) is 11.1 Å². The minimum atomic E-state index is 0. The third-order valence-corrected chi connectivity index (χ3v) is 8.75. The first-order valence-corrected chi connectivity index (χ1v) is 16.8. The molecule has 2 radical (unpaired) electrons. The SMILES string of the molecule is CC1=[C-]C(C)(C)C(C)=C1C.CCC[c-]1c(C)c(C)c(C)c1C.CCC[c-]1c(C)c(C)c(C)c1C.C[SiH]C.Cl.Cl.[Zr+3]. The molecule has 0 saturated heterocycles. The van der Waals surface area contributed by atoms with Crippen molar-refractivity contribution in [2.45, 2.75) is 143 Å². The van der Waals surface area contributed by atoms with Crippen LogP contribution in [0.25, 0.3) is 0 Å². The van der Waals surface area contributed by atoms with Crippen molar-refractivity contribution in [2.24, 2.45) is 5.41 Å². The van der Waals surface area contributed by atoms with E-state index in [1.165, 1.54) is 86.9 Å². The summed E-state index contributed by atoms with van der Waals surface area (Å²) in [4.78, 5) is 0. The van der Waals surface area contributed by atoms with E-state index in [9.17, 15) is 0 Å². The Hall–Kier alpha value is -0.140. The van der Waals surface area contributed by atoms with Gasteiger partial charge in [-0.25, -0.2) is 5.57 Å². The first kappa shape index (κ1) is 46.8. The summed E-state index contributed by atoms with van der Waals surface area (Å²) in [5.41, 5.74) is 19.6. The molecular formula is C36H62Cl2SiZr. The molecule has 0 unspecified atom stereocenters. The molecule has 2 aromatic rings. The van der Waals surface area contributed by atoms with Crippen molar-refractivity contribution in [1.29, 1.82) is 0 Å². The third kappa shape index (κ3) is 12.2. The van der Waals surface area contributed by atoms with Crippen LogP contribution in [-0.4, -0.2) is 9.52 Å². The molecule has 0 nitrogen and oxygen atoms in total. The molecule has 4 heteroatoms. The zero-order chi connectivity index (χ0) is 29.2. The van der Waals surface area contributed by atoms with Gasteiger partial charge in [0.15, 0.2) is 0 Å². The molecule has 0 aromatic heterocycles. The van der Waals surface area contributed by atoms with E-state index < -0.39 is 0 Å². The predicted molar refractivity (Wildman–Crippen MR) is 188 cm³/mol. The molecule has 0 saturated carbocycles. The largest absolute Gasteiger partial charge is 3.00 e. The maximum Gasteiger partial charge on any atom is 3.00 e. The van der Waals surface area contributed by atoms with Crippen LogP contribution in [0.1, 0.15) is 117 Å². The quantitative estimate of drug-likeness (QED) is 0.222. The summed E-state index contributed by atoms with van der Waals surface area (Å²) in [6.07, 6.45) is 8.43. The Balaban J connectivity index is -0.000000224. The molecule has 0 atom stereocenters. The van der Waals surface area contributed by atoms with Crippen molar-refractivity contribution >= 4 is 34.3 Å². The van der Waals surface area contributed by atoms with Gasteiger partial charge in [0.25, 0.3) is 0 Å². The van der Waals surface area contributed by atoms with Gasteiger partial charge in [0, 0.05) is 9.52 Å². The van der Waals surface area contributed by atoms with Crippen molar-refractivity contribution in [3.05, 3.63) is 78.4 Å². The summed E-state index contributed by atoms with van der Waals surface area (Å²) in [7, 11) is 0.750. The molecule has 0 spiro atoms. The van der Waals surface area contributed by atoms with Crippen LogP contribution in [0.4, 0.5) is 0 Å². The fraction of sp³-hybridized carbons (Fsp3) is 0.611. The van der Waals surface area contributed by atoms with Crippen molar-refractivity contribution < 1.29 is 26.2 Å². The molecule has 0 N–H and O–H groups in total. The second-order valence-electron chi connectivity index (χ2n) is 11.7. The van der Waals surface area contributed by atoms with E-state index in [2.05, 4.69) is 123 Å². The average molecular weight is 685 g/mol. The topological polar surface area (TPSA) is 0 Å². The Bertz CT molecular complexity index is 966. The Morgan fingerprint density at radius 3 is 0.975 bits per heavy atom. The molecule has 1 aliphatic rings. The molecular weight excluding hydrogens is 623 g/mol. The van der Waals surface area contributed by atoms with Crippen LogP contribution < -0.4 is 0 Å². The molecule has 0 fully saturated rings. The molecule has 228 valence electrons. The molecule has 0 heterocycles. The van der Waals surface area contributed by atoms with Gasteiger partial charge in [0.05, 0.1) is 0 Å². The van der Waals surface area contributed by atoms with Crippen LogP contribution in [0.15, 0.2) is 16.7 Å². The maximum atomic E-state index is 3.44. The van der Waals surface area contributed by atoms with Crippen LogP contribution in [0.3, 0.4) is 0 Å². The van der Waals surface area contributed by atoms with E-state index in [-0.39, 0.29) is 56.4 Å². The van der Waals surface area contributed by atoms with E-state index >= 15 is 0 Å². The average Bonchev–Trinajstić information content (AvgIpc) is 3.23. The van der Waals surface area contributed by atoms with E-state index in [4.69, 9.17) is 0 Å². The van der Waals surface area contributed by atoms with Gasteiger partial charge in [-0.3, -0.25) is 6.08 Å². The summed E-state index contributed by atoms with van der Waals surface area (Å²) in [6, 6.07) is 0. The van der Waals surface area contributed by atoms with Gasteiger partial charge in [-0.15, -0.1) is 31.7 Å². The standard InChI is InChI=1S/2C12H19.C10H15.C2H7Si.2ClH.Zr/c2*1-6-7-12-10(4)8(2)9(3)11(12)5;1-7-6-10(4,5)9(3)8(7)2;1-3-2;;;/h2*6-7H2,1-5H3;1-5H3;3H,1-2H3;2*1H;/q3*-1;;;;+3. The van der Waals surface area contributed by atoms with Crippen LogP contribution >= 0.6 is 24.8 Å². The van der Waals surface area contributed by atoms with E-state index in [1.807, 2.05) is 0 Å². The van der Waals surface area contributed by atoms with Crippen LogP contribution in [0.5, 0.6) is 0 Å². The fourth-order valence-corrected chi connectivity index (χ4v) is 5.25. The number of hydrogen-bond acceptors (Lipinski definition) is 0. The molecule has 40 heavy (non-hydrogen) atoms. The number of hydrogen-bond donors (Lipinski definition) is 0. The molecule has 3 rings (SSSR count). The molecule has 1 aliphatic carbocycles. The summed E-state index contributed by atoms with van der Waals surface area (Å²) < 4.78 is 0. The molecule has 0 aliphatic heterocycles. The molecule has 0 amide bonds. The van der Waals surface area contributed by atoms with E-state index in [0.29, 0.717) is 0 Å². The van der Waals surface area contributed by atoms with Gasteiger partial charge >= 0.3 is 26.2 Å². The zero-order valence-electron chi connectivity index (χ0n) is 29.2. The van der Waals surface area contributed by atoms with Gasteiger partial charge in [-0.1, -0.05) is 141 Å². The van der Waals surface area contributed by atoms with E-state index in [0.717, 1.165) is 9.52 Å². The third-order valence-electron chi connectivity index (χ3n) is 8.75. The van der Waals surface area contributed by atoms with Crippen molar-refractivity contribution in [3.8, 4) is 0 Å².